The Kier molecular flexibility index (Phi) is 9.15. The molecule has 0 unspecified atom stereocenters. The van der Waals surface area contributed by atoms with E-state index in [1.807, 2.05) is 12.1 Å². The molecule has 11 nitrogen and oxygen atoms in total. The molecule has 2 N–H and O–H groups in total. The summed E-state index contributed by atoms with van der Waals surface area (Å²) >= 11 is 6.54. The summed E-state index contributed by atoms with van der Waals surface area (Å²) in [6, 6.07) is 8.50. The third kappa shape index (κ3) is 6.87. The first-order valence-electron chi connectivity index (χ1n) is 15.3. The number of aryl methyl sites for hydroxylation is 1. The molecular formula is C32H41ClN9O2P. The van der Waals surface area contributed by atoms with Crippen molar-refractivity contribution in [3.63, 3.8) is 0 Å². The van der Waals surface area contributed by atoms with Crippen molar-refractivity contribution >= 4 is 63.9 Å². The van der Waals surface area contributed by atoms with Gasteiger partial charge in [0.05, 0.1) is 35.5 Å². The third-order valence-electron chi connectivity index (χ3n) is 8.77. The van der Waals surface area contributed by atoms with E-state index in [2.05, 4.69) is 71.4 Å². The molecular weight excluding hydrogens is 609 g/mol. The summed E-state index contributed by atoms with van der Waals surface area (Å²) in [6.07, 6.45) is 7.08. The van der Waals surface area contributed by atoms with Crippen LogP contribution in [0, 0.1) is 6.92 Å². The van der Waals surface area contributed by atoms with Crippen LogP contribution in [0.15, 0.2) is 42.9 Å². The number of aromatic nitrogens is 4. The Hall–Kier alpha value is -3.50. The normalized spacial score (nSPS) is 17.1. The van der Waals surface area contributed by atoms with Crippen molar-refractivity contribution in [1.29, 1.82) is 0 Å². The Labute approximate surface area is 269 Å². The second-order valence-corrected chi connectivity index (χ2v) is 15.8. The van der Waals surface area contributed by atoms with Crippen molar-refractivity contribution < 1.29 is 9.30 Å². The fraction of sp³-hybridized carbons (Fsp3) is 0.438. The van der Waals surface area contributed by atoms with E-state index in [4.69, 9.17) is 16.3 Å². The van der Waals surface area contributed by atoms with Crippen LogP contribution >= 0.6 is 18.7 Å². The number of anilines is 5. The van der Waals surface area contributed by atoms with Gasteiger partial charge in [0.2, 0.25) is 5.95 Å². The molecule has 238 valence electrons. The lowest BCUT2D eigenvalue weighted by atomic mass is 10.0. The second-order valence-electron chi connectivity index (χ2n) is 12.3. The highest BCUT2D eigenvalue weighted by molar-refractivity contribution is 7.71. The standard InChI is InChI=1S/C32H41ClN9O2P/c1-21-18-26(28(44-3)19-27(21)42-12-8-22(9-13-42)41-16-14-40(2)15-17-41)38-32-36-20-23(33)31(39-32)37-25-7-6-24-29(35-11-10-34-24)30(25)45(4,5)43/h6-7,10-11,18-20,22H,8-9,12-17H2,1-5H3,(H2,36,37,38,39). The zero-order chi connectivity index (χ0) is 31.7. The van der Waals surface area contributed by atoms with E-state index in [1.54, 1.807) is 32.8 Å². The Balaban J connectivity index is 1.21. The maximum atomic E-state index is 13.4. The summed E-state index contributed by atoms with van der Waals surface area (Å²) in [4.78, 5) is 25.5. The number of likely N-dealkylation sites (N-methyl/N-ethyl adjacent to an activating group) is 1. The molecule has 0 spiro atoms. The van der Waals surface area contributed by atoms with Crippen LogP contribution in [0.25, 0.3) is 11.0 Å². The summed E-state index contributed by atoms with van der Waals surface area (Å²) in [5, 5.41) is 7.52. The highest BCUT2D eigenvalue weighted by Crippen LogP contribution is 2.41. The average Bonchev–Trinajstić information content (AvgIpc) is 3.02. The van der Waals surface area contributed by atoms with E-state index in [9.17, 15) is 4.57 Å². The van der Waals surface area contributed by atoms with Crippen molar-refractivity contribution in [2.24, 2.45) is 0 Å². The van der Waals surface area contributed by atoms with Gasteiger partial charge in [0.25, 0.3) is 0 Å². The summed E-state index contributed by atoms with van der Waals surface area (Å²) < 4.78 is 19.2. The van der Waals surface area contributed by atoms with Crippen molar-refractivity contribution in [3.8, 4) is 5.75 Å². The predicted molar refractivity (Wildman–Crippen MR) is 184 cm³/mol. The molecule has 6 rings (SSSR count). The number of rotatable bonds is 8. The monoisotopic (exact) mass is 649 g/mol. The number of piperidine rings is 1. The zero-order valence-corrected chi connectivity index (χ0v) is 28.2. The molecule has 0 radical (unpaired) electrons. The first-order chi connectivity index (χ1) is 21.6. The first-order valence-corrected chi connectivity index (χ1v) is 18.3. The molecule has 4 heterocycles. The Bertz CT molecular complexity index is 1730. The van der Waals surface area contributed by atoms with Gasteiger partial charge in [-0.15, -0.1) is 0 Å². The van der Waals surface area contributed by atoms with Crippen LogP contribution in [0.3, 0.4) is 0 Å². The molecule has 13 heteroatoms. The fourth-order valence-electron chi connectivity index (χ4n) is 6.37. The van der Waals surface area contributed by atoms with Gasteiger partial charge in [-0.25, -0.2) is 4.98 Å². The molecule has 0 bridgehead atoms. The number of ether oxygens (including phenoxy) is 1. The summed E-state index contributed by atoms with van der Waals surface area (Å²) in [5.74, 6) is 1.43. The highest BCUT2D eigenvalue weighted by atomic mass is 35.5. The van der Waals surface area contributed by atoms with Crippen LogP contribution < -0.4 is 25.6 Å². The zero-order valence-electron chi connectivity index (χ0n) is 26.5. The van der Waals surface area contributed by atoms with Gasteiger partial charge in [0.1, 0.15) is 23.4 Å². The fourth-order valence-corrected chi connectivity index (χ4v) is 7.91. The minimum atomic E-state index is -2.76. The number of nitrogens with zero attached hydrogens (tertiary/aromatic N) is 7. The molecule has 2 aromatic carbocycles. The lowest BCUT2D eigenvalue weighted by Crippen LogP contribution is -2.52. The predicted octanol–water partition coefficient (Wildman–Crippen LogP) is 5.34. The molecule has 2 aliphatic heterocycles. The maximum Gasteiger partial charge on any atom is 0.229 e. The molecule has 0 saturated carbocycles. The van der Waals surface area contributed by atoms with Gasteiger partial charge in [-0.3, -0.25) is 14.9 Å². The summed E-state index contributed by atoms with van der Waals surface area (Å²) in [7, 11) is 1.12. The van der Waals surface area contributed by atoms with Gasteiger partial charge in [-0.1, -0.05) is 11.6 Å². The number of hydrogen-bond donors (Lipinski definition) is 2. The van der Waals surface area contributed by atoms with Gasteiger partial charge in [-0.2, -0.15) is 4.98 Å². The lowest BCUT2D eigenvalue weighted by Gasteiger charge is -2.43. The maximum absolute atomic E-state index is 13.4. The largest absolute Gasteiger partial charge is 0.494 e. The van der Waals surface area contributed by atoms with Gasteiger partial charge < -0.3 is 29.7 Å². The van der Waals surface area contributed by atoms with Crippen molar-refractivity contribution in [2.45, 2.75) is 25.8 Å². The summed E-state index contributed by atoms with van der Waals surface area (Å²) in [5.41, 5.74) is 4.95. The molecule has 2 aromatic heterocycles. The minimum Gasteiger partial charge on any atom is -0.494 e. The average molecular weight is 650 g/mol. The van der Waals surface area contributed by atoms with Crippen LogP contribution in [-0.4, -0.2) is 103 Å². The number of fused-ring (bicyclic) bond motifs is 1. The molecule has 2 aliphatic rings. The number of piperazine rings is 1. The van der Waals surface area contributed by atoms with E-state index >= 15 is 0 Å². The molecule has 2 fully saturated rings. The van der Waals surface area contributed by atoms with E-state index in [-0.39, 0.29) is 0 Å². The smallest absolute Gasteiger partial charge is 0.229 e. The minimum absolute atomic E-state index is 0.325. The summed E-state index contributed by atoms with van der Waals surface area (Å²) in [6.45, 7) is 12.2. The van der Waals surface area contributed by atoms with Crippen molar-refractivity contribution in [1.82, 2.24) is 29.7 Å². The SMILES string of the molecule is COc1cc(N2CCC(N3CCN(C)CC3)CC2)c(C)cc1Nc1ncc(Cl)c(Nc2ccc3nccnc3c2P(C)(C)=O)n1. The number of benzene rings is 2. The van der Waals surface area contributed by atoms with E-state index in [1.165, 1.54) is 11.9 Å². The molecule has 0 atom stereocenters. The number of halogens is 1. The van der Waals surface area contributed by atoms with E-state index in [0.717, 1.165) is 63.4 Å². The van der Waals surface area contributed by atoms with Gasteiger partial charge in [-0.05, 0) is 63.9 Å². The van der Waals surface area contributed by atoms with Crippen LogP contribution in [0.5, 0.6) is 5.75 Å². The topological polar surface area (TPSA) is 112 Å². The molecule has 0 amide bonds. The van der Waals surface area contributed by atoms with E-state index < -0.39 is 7.14 Å². The Morgan fingerprint density at radius 2 is 1.69 bits per heavy atom. The van der Waals surface area contributed by atoms with Gasteiger partial charge in [0, 0.05) is 69.5 Å². The quantitative estimate of drug-likeness (QED) is 0.241. The second kappa shape index (κ2) is 13.1. The molecule has 45 heavy (non-hydrogen) atoms. The van der Waals surface area contributed by atoms with Crippen molar-refractivity contribution in [3.05, 3.63) is 53.4 Å². The van der Waals surface area contributed by atoms with Crippen LogP contribution in [-0.2, 0) is 4.57 Å². The molecule has 0 aliphatic carbocycles. The third-order valence-corrected chi connectivity index (χ3v) is 10.6. The Morgan fingerprint density at radius 1 is 0.956 bits per heavy atom. The van der Waals surface area contributed by atoms with Crippen LogP contribution in [0.1, 0.15) is 18.4 Å². The van der Waals surface area contributed by atoms with E-state index in [0.29, 0.717) is 50.6 Å². The van der Waals surface area contributed by atoms with Gasteiger partial charge in [0.15, 0.2) is 5.82 Å². The lowest BCUT2D eigenvalue weighted by molar-refractivity contribution is 0.0982. The van der Waals surface area contributed by atoms with Crippen LogP contribution in [0.4, 0.5) is 28.8 Å². The molecule has 4 aromatic rings. The first kappa shape index (κ1) is 31.5. The number of hydrogen-bond acceptors (Lipinski definition) is 11. The van der Waals surface area contributed by atoms with Gasteiger partial charge >= 0.3 is 0 Å². The van der Waals surface area contributed by atoms with Crippen LogP contribution in [0.2, 0.25) is 5.02 Å². The number of methoxy groups -OCH3 is 1. The highest BCUT2D eigenvalue weighted by Gasteiger charge is 2.28. The Morgan fingerprint density at radius 3 is 2.40 bits per heavy atom. The molecule has 2 saturated heterocycles. The van der Waals surface area contributed by atoms with Crippen molar-refractivity contribution in [2.75, 3.05) is 82.3 Å². The number of nitrogens with one attached hydrogen (secondary N) is 2.